The van der Waals surface area contributed by atoms with Crippen LogP contribution >= 0.6 is 0 Å². The minimum Gasteiger partial charge on any atom is -0.366 e. The highest BCUT2D eigenvalue weighted by molar-refractivity contribution is 5.82. The second-order valence-electron chi connectivity index (χ2n) is 7.39. The summed E-state index contributed by atoms with van der Waals surface area (Å²) in [5, 5.41) is 3.31. The zero-order valence-electron chi connectivity index (χ0n) is 15.9. The summed E-state index contributed by atoms with van der Waals surface area (Å²) in [6.45, 7) is 4.69. The summed E-state index contributed by atoms with van der Waals surface area (Å²) in [5.41, 5.74) is 2.05. The maximum absolute atomic E-state index is 13.7. The first-order chi connectivity index (χ1) is 13.7. The van der Waals surface area contributed by atoms with Gasteiger partial charge >= 0.3 is 0 Å². The molecule has 4 rings (SSSR count). The maximum atomic E-state index is 13.7. The second-order valence-corrected chi connectivity index (χ2v) is 7.39. The molecule has 2 atom stereocenters. The Kier molecular flexibility index (Phi) is 6.00. The Morgan fingerprint density at radius 1 is 1.14 bits per heavy atom. The number of hydrogen-bond acceptors (Lipinski definition) is 4. The number of halogens is 1. The van der Waals surface area contributed by atoms with Crippen LogP contribution < -0.4 is 5.32 Å². The number of carbonyl (C=O) groups is 1. The monoisotopic (exact) mass is 383 g/mol. The van der Waals surface area contributed by atoms with Crippen LogP contribution in [0.15, 0.2) is 54.6 Å². The number of morpholine rings is 1. The van der Waals surface area contributed by atoms with Crippen molar-refractivity contribution in [3.63, 3.8) is 0 Å². The van der Waals surface area contributed by atoms with Crippen molar-refractivity contribution in [2.75, 3.05) is 39.3 Å². The normalized spacial score (nSPS) is 23.5. The Morgan fingerprint density at radius 2 is 2.00 bits per heavy atom. The van der Waals surface area contributed by atoms with E-state index in [1.165, 1.54) is 17.7 Å². The molecule has 2 aliphatic rings. The lowest BCUT2D eigenvalue weighted by Gasteiger charge is -2.40. The molecule has 6 heteroatoms. The minimum absolute atomic E-state index is 0.00600. The average molecular weight is 383 g/mol. The average Bonchev–Trinajstić information content (AvgIpc) is 2.74. The Hall–Kier alpha value is -2.28. The number of nitrogens with zero attached hydrogens (tertiary/aromatic N) is 2. The largest absolute Gasteiger partial charge is 0.366 e. The predicted molar refractivity (Wildman–Crippen MR) is 105 cm³/mol. The number of amides is 1. The summed E-state index contributed by atoms with van der Waals surface area (Å²) < 4.78 is 19.5. The summed E-state index contributed by atoms with van der Waals surface area (Å²) >= 11 is 0. The van der Waals surface area contributed by atoms with Crippen molar-refractivity contribution >= 4 is 5.91 Å². The second kappa shape index (κ2) is 8.82. The van der Waals surface area contributed by atoms with Crippen LogP contribution in [0.2, 0.25) is 0 Å². The third-order valence-electron chi connectivity index (χ3n) is 5.43. The van der Waals surface area contributed by atoms with Gasteiger partial charge in [0.05, 0.1) is 12.6 Å². The van der Waals surface area contributed by atoms with E-state index < -0.39 is 6.10 Å². The quantitative estimate of drug-likeness (QED) is 0.879. The van der Waals surface area contributed by atoms with E-state index in [2.05, 4.69) is 22.3 Å². The Morgan fingerprint density at radius 3 is 2.82 bits per heavy atom. The zero-order chi connectivity index (χ0) is 19.3. The van der Waals surface area contributed by atoms with E-state index in [1.54, 1.807) is 6.07 Å². The molecule has 1 amide bonds. The maximum Gasteiger partial charge on any atom is 0.253 e. The number of piperazine rings is 1. The Balaban J connectivity index is 1.45. The van der Waals surface area contributed by atoms with Gasteiger partial charge in [-0.1, -0.05) is 42.5 Å². The number of hydrogen-bond donors (Lipinski definition) is 1. The van der Waals surface area contributed by atoms with Crippen LogP contribution in [0.1, 0.15) is 17.2 Å². The summed E-state index contributed by atoms with van der Waals surface area (Å²) in [6, 6.07) is 16.6. The molecular weight excluding hydrogens is 357 g/mol. The van der Waals surface area contributed by atoms with Gasteiger partial charge in [0, 0.05) is 39.3 Å². The molecule has 2 fully saturated rings. The van der Waals surface area contributed by atoms with Gasteiger partial charge in [0.15, 0.2) is 0 Å². The number of carbonyl (C=O) groups excluding carboxylic acids is 1. The van der Waals surface area contributed by atoms with Gasteiger partial charge in [-0.3, -0.25) is 9.69 Å². The first kappa shape index (κ1) is 19.1. The van der Waals surface area contributed by atoms with E-state index in [1.807, 2.05) is 29.2 Å². The molecule has 2 saturated heterocycles. The van der Waals surface area contributed by atoms with Gasteiger partial charge in [-0.25, -0.2) is 4.39 Å². The van der Waals surface area contributed by atoms with Gasteiger partial charge in [-0.15, -0.1) is 0 Å². The first-order valence-electron chi connectivity index (χ1n) is 9.85. The van der Waals surface area contributed by atoms with Crippen LogP contribution in [0.25, 0.3) is 0 Å². The lowest BCUT2D eigenvalue weighted by atomic mass is 10.0. The van der Waals surface area contributed by atoms with Crippen LogP contribution in [0.3, 0.4) is 0 Å². The molecular formula is C22H26FN3O2. The van der Waals surface area contributed by atoms with Crippen molar-refractivity contribution in [1.29, 1.82) is 0 Å². The summed E-state index contributed by atoms with van der Waals surface area (Å²) in [6.07, 6.45) is -0.480. The highest BCUT2D eigenvalue weighted by Gasteiger charge is 2.35. The van der Waals surface area contributed by atoms with E-state index in [4.69, 9.17) is 4.74 Å². The van der Waals surface area contributed by atoms with Crippen LogP contribution in [0, 0.1) is 5.82 Å². The molecule has 0 aliphatic carbocycles. The fourth-order valence-corrected chi connectivity index (χ4v) is 4.00. The Labute approximate surface area is 165 Å². The van der Waals surface area contributed by atoms with Crippen LogP contribution in [-0.4, -0.2) is 61.1 Å². The van der Waals surface area contributed by atoms with Crippen LogP contribution in [0.4, 0.5) is 4.39 Å². The smallest absolute Gasteiger partial charge is 0.253 e. The minimum atomic E-state index is -0.480. The lowest BCUT2D eigenvalue weighted by Crippen LogP contribution is -2.56. The van der Waals surface area contributed by atoms with Gasteiger partial charge in [-0.05, 0) is 23.3 Å². The topological polar surface area (TPSA) is 44.8 Å². The van der Waals surface area contributed by atoms with Gasteiger partial charge in [-0.2, -0.15) is 0 Å². The van der Waals surface area contributed by atoms with Crippen molar-refractivity contribution in [3.8, 4) is 0 Å². The molecule has 148 valence electrons. The number of benzene rings is 2. The Bertz CT molecular complexity index is 801. The van der Waals surface area contributed by atoms with E-state index in [9.17, 15) is 9.18 Å². The summed E-state index contributed by atoms with van der Waals surface area (Å²) in [7, 11) is 0. The molecule has 2 aromatic carbocycles. The van der Waals surface area contributed by atoms with Crippen molar-refractivity contribution in [3.05, 3.63) is 71.5 Å². The van der Waals surface area contributed by atoms with E-state index >= 15 is 0 Å². The van der Waals surface area contributed by atoms with Gasteiger partial charge in [0.25, 0.3) is 5.91 Å². The molecule has 0 aromatic heterocycles. The predicted octanol–water partition coefficient (Wildman–Crippen LogP) is 2.20. The van der Waals surface area contributed by atoms with Gasteiger partial charge in [0.2, 0.25) is 0 Å². The number of nitrogens with one attached hydrogen (secondary N) is 1. The fraction of sp³-hybridized carbons (Fsp3) is 0.409. The molecule has 2 unspecified atom stereocenters. The van der Waals surface area contributed by atoms with E-state index in [0.717, 1.165) is 25.2 Å². The molecule has 2 heterocycles. The molecule has 5 nitrogen and oxygen atoms in total. The zero-order valence-corrected chi connectivity index (χ0v) is 15.9. The van der Waals surface area contributed by atoms with Crippen molar-refractivity contribution < 1.29 is 13.9 Å². The third-order valence-corrected chi connectivity index (χ3v) is 5.43. The van der Waals surface area contributed by atoms with Crippen LogP contribution in [-0.2, 0) is 16.1 Å². The van der Waals surface area contributed by atoms with Gasteiger partial charge < -0.3 is 15.0 Å². The molecule has 0 radical (unpaired) electrons. The molecule has 1 N–H and O–H groups in total. The van der Waals surface area contributed by atoms with Crippen LogP contribution in [0.5, 0.6) is 0 Å². The highest BCUT2D eigenvalue weighted by atomic mass is 19.1. The van der Waals surface area contributed by atoms with Crippen molar-refractivity contribution in [2.24, 2.45) is 0 Å². The fourth-order valence-electron chi connectivity index (χ4n) is 4.00. The van der Waals surface area contributed by atoms with Gasteiger partial charge in [0.1, 0.15) is 11.9 Å². The number of rotatable bonds is 4. The van der Waals surface area contributed by atoms with E-state index in [-0.39, 0.29) is 17.8 Å². The first-order valence-corrected chi connectivity index (χ1v) is 9.85. The SMILES string of the molecule is O=C(C1CN(Cc2ccccc2)CCO1)N1CCNCC1c1cccc(F)c1. The summed E-state index contributed by atoms with van der Waals surface area (Å²) in [4.78, 5) is 17.4. The summed E-state index contributed by atoms with van der Waals surface area (Å²) in [5.74, 6) is -0.285. The standard InChI is InChI=1S/C22H26FN3O2/c23-19-8-4-7-18(13-19)20-14-24-9-10-26(20)22(27)21-16-25(11-12-28-21)15-17-5-2-1-3-6-17/h1-8,13,20-21,24H,9-12,14-16H2. The molecule has 0 bridgehead atoms. The lowest BCUT2D eigenvalue weighted by molar-refractivity contribution is -0.153. The molecule has 0 saturated carbocycles. The van der Waals surface area contributed by atoms with Crippen molar-refractivity contribution in [2.45, 2.75) is 18.7 Å². The molecule has 2 aliphatic heterocycles. The third kappa shape index (κ3) is 4.41. The molecule has 2 aromatic rings. The molecule has 0 spiro atoms. The molecule has 28 heavy (non-hydrogen) atoms. The van der Waals surface area contributed by atoms with Crippen molar-refractivity contribution in [1.82, 2.24) is 15.1 Å². The van der Waals surface area contributed by atoms with E-state index in [0.29, 0.717) is 26.2 Å². The number of ether oxygens (including phenoxy) is 1. The highest BCUT2D eigenvalue weighted by Crippen LogP contribution is 2.25.